The summed E-state index contributed by atoms with van der Waals surface area (Å²) in [6.07, 6.45) is 7.96. The molecule has 0 aromatic heterocycles. The molecule has 56 valence electrons. The lowest BCUT2D eigenvalue weighted by Crippen LogP contribution is -1.97. The topological polar surface area (TPSA) is 17.1 Å². The highest BCUT2D eigenvalue weighted by Crippen LogP contribution is 2.61. The van der Waals surface area contributed by atoms with Crippen molar-refractivity contribution < 1.29 is 4.57 Å². The molecule has 0 N–H and O–H groups in total. The van der Waals surface area contributed by atoms with Crippen molar-refractivity contribution >= 4 is 7.80 Å². The largest absolute Gasteiger partial charge is 0.354 e. The molecule has 2 unspecified atom stereocenters. The first kappa shape index (κ1) is 6.79. The van der Waals surface area contributed by atoms with Gasteiger partial charge in [0.05, 0.1) is 0 Å². The Morgan fingerprint density at radius 1 is 0.900 bits per heavy atom. The molecule has 1 saturated heterocycles. The fourth-order valence-corrected chi connectivity index (χ4v) is 3.96. The van der Waals surface area contributed by atoms with Gasteiger partial charge in [0.1, 0.15) is 0 Å². The summed E-state index contributed by atoms with van der Waals surface area (Å²) in [5.41, 5.74) is 1.32. The Labute approximate surface area is 63.0 Å². The zero-order chi connectivity index (χ0) is 6.97. The number of rotatable bonds is 0. The Morgan fingerprint density at radius 3 is 1.90 bits per heavy atom. The van der Waals surface area contributed by atoms with Crippen molar-refractivity contribution in [2.45, 2.75) is 49.8 Å². The minimum atomic E-state index is -0.719. The predicted octanol–water partition coefficient (Wildman–Crippen LogP) is 2.92. The summed E-state index contributed by atoms with van der Waals surface area (Å²) in [6.45, 7) is 0. The summed E-state index contributed by atoms with van der Waals surface area (Å²) in [5, 5.41) is 0. The third-order valence-electron chi connectivity index (χ3n) is 2.76. The lowest BCUT2D eigenvalue weighted by Gasteiger charge is -1.99. The molecule has 2 fully saturated rings. The van der Waals surface area contributed by atoms with E-state index in [4.69, 9.17) is 0 Å². The van der Waals surface area contributed by atoms with E-state index >= 15 is 0 Å². The summed E-state index contributed by atoms with van der Waals surface area (Å²) >= 11 is 0. The van der Waals surface area contributed by atoms with Gasteiger partial charge in [-0.2, -0.15) is 0 Å². The molecule has 0 amide bonds. The van der Waals surface area contributed by atoms with E-state index in [0.29, 0.717) is 11.3 Å². The molecule has 1 nitrogen and oxygen atoms in total. The molecule has 10 heavy (non-hydrogen) atoms. The lowest BCUT2D eigenvalue weighted by atomic mass is 10.0. The van der Waals surface area contributed by atoms with Gasteiger partial charge >= 0.3 is 7.80 Å². The zero-order valence-electron chi connectivity index (χ0n) is 6.25. The molecule has 1 aliphatic carbocycles. The first-order chi connectivity index (χ1) is 4.89. The first-order valence-electron chi connectivity index (χ1n) is 4.35. The average Bonchev–Trinajstić information content (AvgIpc) is 2.39. The quantitative estimate of drug-likeness (QED) is 0.494. The van der Waals surface area contributed by atoms with Crippen LogP contribution in [0.25, 0.3) is 0 Å². The van der Waals surface area contributed by atoms with Crippen LogP contribution in [0.1, 0.15) is 38.5 Å². The van der Waals surface area contributed by atoms with Crippen LogP contribution in [0.3, 0.4) is 0 Å². The van der Waals surface area contributed by atoms with E-state index in [9.17, 15) is 4.57 Å². The first-order valence-corrected chi connectivity index (χ1v) is 5.75. The smallest absolute Gasteiger partial charge is 0.0738 e. The van der Waals surface area contributed by atoms with Gasteiger partial charge in [0.2, 0.25) is 11.3 Å². The summed E-state index contributed by atoms with van der Waals surface area (Å²) < 4.78 is 11.2. The molecule has 2 aliphatic rings. The lowest BCUT2D eigenvalue weighted by molar-refractivity contribution is 0.551. The fourth-order valence-electron chi connectivity index (χ4n) is 2.01. The van der Waals surface area contributed by atoms with E-state index < -0.39 is 7.80 Å². The van der Waals surface area contributed by atoms with Crippen LogP contribution in [-0.2, 0) is 4.57 Å². The Bertz CT molecular complexity index is 139. The van der Waals surface area contributed by atoms with E-state index in [1.165, 1.54) is 38.5 Å². The molecule has 2 rings (SSSR count). The van der Waals surface area contributed by atoms with Crippen molar-refractivity contribution in [2.75, 3.05) is 0 Å². The van der Waals surface area contributed by atoms with Crippen LogP contribution in [0.2, 0.25) is 0 Å². The highest BCUT2D eigenvalue weighted by atomic mass is 31.1. The SMILES string of the molecule is O=[P+]1C2CCCCCCC21. The fraction of sp³-hybridized carbons (Fsp3) is 1.00. The zero-order valence-corrected chi connectivity index (χ0v) is 7.15. The second kappa shape index (κ2) is 2.62. The third kappa shape index (κ3) is 1.12. The van der Waals surface area contributed by atoms with Gasteiger partial charge in [-0.3, -0.25) is 0 Å². The average molecular weight is 157 g/mol. The minimum absolute atomic E-state index is 0.662. The van der Waals surface area contributed by atoms with Crippen molar-refractivity contribution in [2.24, 2.45) is 0 Å². The maximum Gasteiger partial charge on any atom is 0.354 e. The number of hydrogen-bond acceptors (Lipinski definition) is 1. The van der Waals surface area contributed by atoms with Crippen LogP contribution in [0.4, 0.5) is 0 Å². The molecule has 1 aliphatic heterocycles. The van der Waals surface area contributed by atoms with Gasteiger partial charge in [-0.05, 0) is 25.7 Å². The summed E-state index contributed by atoms with van der Waals surface area (Å²) in [4.78, 5) is 0. The van der Waals surface area contributed by atoms with Crippen molar-refractivity contribution in [3.8, 4) is 0 Å². The van der Waals surface area contributed by atoms with Crippen molar-refractivity contribution in [3.05, 3.63) is 0 Å². The van der Waals surface area contributed by atoms with Crippen LogP contribution in [0.5, 0.6) is 0 Å². The van der Waals surface area contributed by atoms with Crippen LogP contribution < -0.4 is 0 Å². The second-order valence-corrected chi connectivity index (χ2v) is 5.53. The minimum Gasteiger partial charge on any atom is -0.0738 e. The van der Waals surface area contributed by atoms with Crippen LogP contribution in [0.15, 0.2) is 0 Å². The van der Waals surface area contributed by atoms with E-state index in [-0.39, 0.29) is 0 Å². The molecular weight excluding hydrogens is 143 g/mol. The van der Waals surface area contributed by atoms with Gasteiger partial charge in [-0.25, -0.2) is 0 Å². The molecule has 0 aromatic rings. The van der Waals surface area contributed by atoms with Gasteiger partial charge in [0, 0.05) is 0 Å². The van der Waals surface area contributed by atoms with Crippen LogP contribution in [-0.4, -0.2) is 11.3 Å². The molecule has 0 bridgehead atoms. The molecule has 0 aromatic carbocycles. The van der Waals surface area contributed by atoms with Gasteiger partial charge < -0.3 is 0 Å². The van der Waals surface area contributed by atoms with E-state index in [1.54, 1.807) is 0 Å². The van der Waals surface area contributed by atoms with Gasteiger partial charge in [-0.15, -0.1) is 0 Å². The van der Waals surface area contributed by atoms with Gasteiger partial charge in [-0.1, -0.05) is 17.4 Å². The molecule has 1 heterocycles. The summed E-state index contributed by atoms with van der Waals surface area (Å²) in [7, 11) is -0.719. The molecule has 0 spiro atoms. The number of hydrogen-bond donors (Lipinski definition) is 0. The Morgan fingerprint density at radius 2 is 1.40 bits per heavy atom. The van der Waals surface area contributed by atoms with Crippen molar-refractivity contribution in [1.82, 2.24) is 0 Å². The Kier molecular flexibility index (Phi) is 1.78. The number of fused-ring (bicyclic) bond motifs is 1. The molecule has 2 atom stereocenters. The normalized spacial score (nSPS) is 43.4. The maximum atomic E-state index is 11.2. The van der Waals surface area contributed by atoms with Crippen LogP contribution >= 0.6 is 7.80 Å². The van der Waals surface area contributed by atoms with Crippen molar-refractivity contribution in [3.63, 3.8) is 0 Å². The second-order valence-electron chi connectivity index (χ2n) is 3.49. The standard InChI is InChI=1S/C8H14OP/c9-10-7-5-3-1-2-4-6-8(7)10/h7-8H,1-6H2/q+1. The molecule has 0 radical (unpaired) electrons. The third-order valence-corrected chi connectivity index (χ3v) is 4.96. The van der Waals surface area contributed by atoms with Gasteiger partial charge in [0.15, 0.2) is 0 Å². The van der Waals surface area contributed by atoms with E-state index in [0.717, 1.165) is 0 Å². The maximum absolute atomic E-state index is 11.2. The van der Waals surface area contributed by atoms with Gasteiger partial charge in [0.25, 0.3) is 0 Å². The summed E-state index contributed by atoms with van der Waals surface area (Å²) in [6, 6.07) is 0. The highest BCUT2D eigenvalue weighted by Gasteiger charge is 2.63. The molecular formula is C8H14OP+. The Balaban J connectivity index is 1.92. The summed E-state index contributed by atoms with van der Waals surface area (Å²) in [5.74, 6) is 0. The van der Waals surface area contributed by atoms with E-state index in [2.05, 4.69) is 0 Å². The van der Waals surface area contributed by atoms with Crippen molar-refractivity contribution in [1.29, 1.82) is 0 Å². The van der Waals surface area contributed by atoms with E-state index in [1.807, 2.05) is 0 Å². The monoisotopic (exact) mass is 157 g/mol. The molecule has 1 saturated carbocycles. The highest BCUT2D eigenvalue weighted by molar-refractivity contribution is 7.55. The predicted molar refractivity (Wildman–Crippen MR) is 42.9 cm³/mol. The molecule has 2 heteroatoms. The Hall–Kier alpha value is 0.100. The van der Waals surface area contributed by atoms with Crippen LogP contribution in [0, 0.1) is 0 Å².